The van der Waals surface area contributed by atoms with Gasteiger partial charge in [-0.15, -0.1) is 12.6 Å². The third-order valence-electron chi connectivity index (χ3n) is 3.02. The highest BCUT2D eigenvalue weighted by Crippen LogP contribution is 2.20. The summed E-state index contributed by atoms with van der Waals surface area (Å²) in [6, 6.07) is 7.36. The molecule has 0 spiro atoms. The predicted molar refractivity (Wildman–Crippen MR) is 72.6 cm³/mol. The van der Waals surface area contributed by atoms with Gasteiger partial charge in [0.05, 0.1) is 5.56 Å². The smallest absolute Gasteiger partial charge is 0.252 e. The van der Waals surface area contributed by atoms with Crippen LogP contribution in [0.3, 0.4) is 0 Å². The maximum atomic E-state index is 11.9. The quantitative estimate of drug-likeness (QED) is 0.621. The number of rotatable bonds is 4. The molecule has 0 radical (unpaired) electrons. The molecular weight excluding hydrogens is 230 g/mol. The maximum Gasteiger partial charge on any atom is 0.252 e. The average Bonchev–Trinajstić information content (AvgIpc) is 2.82. The lowest BCUT2D eigenvalue weighted by atomic mass is 10.1. The Balaban J connectivity index is 1.83. The van der Waals surface area contributed by atoms with Gasteiger partial charge < -0.3 is 5.32 Å². The van der Waals surface area contributed by atoms with Crippen molar-refractivity contribution in [1.82, 2.24) is 5.32 Å². The topological polar surface area (TPSA) is 29.1 Å². The number of amides is 1. The van der Waals surface area contributed by atoms with Crippen molar-refractivity contribution in [2.75, 3.05) is 6.54 Å². The van der Waals surface area contributed by atoms with Crippen molar-refractivity contribution in [2.45, 2.75) is 30.6 Å². The number of hydrogen-bond acceptors (Lipinski definition) is 2. The van der Waals surface area contributed by atoms with E-state index < -0.39 is 0 Å². The minimum absolute atomic E-state index is 0.0332. The second-order valence-electron chi connectivity index (χ2n) is 4.28. The van der Waals surface area contributed by atoms with E-state index in [0.717, 1.165) is 11.3 Å². The fourth-order valence-corrected chi connectivity index (χ4v) is 2.32. The van der Waals surface area contributed by atoms with E-state index in [4.69, 9.17) is 0 Å². The van der Waals surface area contributed by atoms with Crippen molar-refractivity contribution in [3.63, 3.8) is 0 Å². The lowest BCUT2D eigenvalue weighted by Gasteiger charge is -2.07. The highest BCUT2D eigenvalue weighted by molar-refractivity contribution is 7.80. The third-order valence-corrected chi connectivity index (χ3v) is 3.41. The number of hydrogen-bond donors (Lipinski definition) is 2. The Kier molecular flexibility index (Phi) is 4.26. The molecule has 2 rings (SSSR count). The SMILES string of the molecule is O=C(NCCC1=CCCC1)c1ccccc1S. The first kappa shape index (κ1) is 12.2. The number of allylic oxidation sites excluding steroid dienone is 1. The van der Waals surface area contributed by atoms with E-state index >= 15 is 0 Å². The third kappa shape index (κ3) is 3.37. The molecule has 1 aromatic carbocycles. The molecular formula is C14H17NOS. The molecule has 0 aliphatic heterocycles. The molecule has 0 unspecified atom stereocenters. The van der Waals surface area contributed by atoms with Crippen molar-refractivity contribution in [3.8, 4) is 0 Å². The second-order valence-corrected chi connectivity index (χ2v) is 4.76. The Morgan fingerprint density at radius 1 is 1.35 bits per heavy atom. The summed E-state index contributed by atoms with van der Waals surface area (Å²) < 4.78 is 0. The highest BCUT2D eigenvalue weighted by Gasteiger charge is 2.09. The molecule has 90 valence electrons. The number of nitrogens with one attached hydrogen (secondary N) is 1. The first-order valence-electron chi connectivity index (χ1n) is 6.01. The van der Waals surface area contributed by atoms with Gasteiger partial charge in [-0.2, -0.15) is 0 Å². The molecule has 0 atom stereocenters. The van der Waals surface area contributed by atoms with Gasteiger partial charge in [-0.25, -0.2) is 0 Å². The lowest BCUT2D eigenvalue weighted by molar-refractivity contribution is 0.0951. The lowest BCUT2D eigenvalue weighted by Crippen LogP contribution is -2.25. The summed E-state index contributed by atoms with van der Waals surface area (Å²) >= 11 is 4.27. The van der Waals surface area contributed by atoms with Crippen LogP contribution in [0.4, 0.5) is 0 Å². The van der Waals surface area contributed by atoms with E-state index in [1.807, 2.05) is 18.2 Å². The average molecular weight is 247 g/mol. The summed E-state index contributed by atoms with van der Waals surface area (Å²) in [4.78, 5) is 12.6. The molecule has 0 aromatic heterocycles. The van der Waals surface area contributed by atoms with Gasteiger partial charge in [-0.3, -0.25) is 4.79 Å². The van der Waals surface area contributed by atoms with Gasteiger partial charge in [0.15, 0.2) is 0 Å². The van der Waals surface area contributed by atoms with Gasteiger partial charge in [0.2, 0.25) is 0 Å². The van der Waals surface area contributed by atoms with Gasteiger partial charge >= 0.3 is 0 Å². The van der Waals surface area contributed by atoms with Crippen LogP contribution in [0.2, 0.25) is 0 Å². The number of thiol groups is 1. The molecule has 1 aliphatic carbocycles. The van der Waals surface area contributed by atoms with Crippen LogP contribution in [0, 0.1) is 0 Å². The Bertz CT molecular complexity index is 440. The van der Waals surface area contributed by atoms with Crippen LogP contribution in [0.25, 0.3) is 0 Å². The zero-order chi connectivity index (χ0) is 12.1. The molecule has 0 saturated heterocycles. The maximum absolute atomic E-state index is 11.9. The normalized spacial score (nSPS) is 14.5. The Hall–Kier alpha value is -1.22. The molecule has 1 aliphatic rings. The van der Waals surface area contributed by atoms with Crippen molar-refractivity contribution in [2.24, 2.45) is 0 Å². The van der Waals surface area contributed by atoms with Crippen molar-refractivity contribution in [3.05, 3.63) is 41.5 Å². The number of benzene rings is 1. The first-order chi connectivity index (χ1) is 8.27. The van der Waals surface area contributed by atoms with Crippen LogP contribution in [0.5, 0.6) is 0 Å². The van der Waals surface area contributed by atoms with Gasteiger partial charge in [-0.05, 0) is 37.8 Å². The van der Waals surface area contributed by atoms with E-state index in [-0.39, 0.29) is 5.91 Å². The van der Waals surface area contributed by atoms with Crippen LogP contribution < -0.4 is 5.32 Å². The van der Waals surface area contributed by atoms with Crippen LogP contribution >= 0.6 is 12.6 Å². The summed E-state index contributed by atoms with van der Waals surface area (Å²) in [6.45, 7) is 0.715. The van der Waals surface area contributed by atoms with Crippen molar-refractivity contribution >= 4 is 18.5 Å². The first-order valence-corrected chi connectivity index (χ1v) is 6.46. The fraction of sp³-hybridized carbons (Fsp3) is 0.357. The molecule has 3 heteroatoms. The highest BCUT2D eigenvalue weighted by atomic mass is 32.1. The Morgan fingerprint density at radius 2 is 2.18 bits per heavy atom. The summed E-state index contributed by atoms with van der Waals surface area (Å²) in [5.74, 6) is -0.0332. The van der Waals surface area contributed by atoms with Crippen LogP contribution in [-0.4, -0.2) is 12.5 Å². The molecule has 17 heavy (non-hydrogen) atoms. The molecule has 0 saturated carbocycles. The van der Waals surface area contributed by atoms with Crippen LogP contribution in [0.1, 0.15) is 36.0 Å². The molecule has 2 nitrogen and oxygen atoms in total. The van der Waals surface area contributed by atoms with E-state index in [9.17, 15) is 4.79 Å². The summed E-state index contributed by atoms with van der Waals surface area (Å²) in [5, 5.41) is 2.94. The number of carbonyl (C=O) groups excluding carboxylic acids is 1. The van der Waals surface area contributed by atoms with Crippen LogP contribution in [-0.2, 0) is 0 Å². The van der Waals surface area contributed by atoms with Crippen molar-refractivity contribution in [1.29, 1.82) is 0 Å². The predicted octanol–water partition coefficient (Wildman–Crippen LogP) is 3.21. The molecule has 0 heterocycles. The summed E-state index contributed by atoms with van der Waals surface area (Å²) in [6.07, 6.45) is 6.92. The largest absolute Gasteiger partial charge is 0.352 e. The monoisotopic (exact) mass is 247 g/mol. The fourth-order valence-electron chi connectivity index (χ4n) is 2.06. The number of carbonyl (C=O) groups is 1. The zero-order valence-electron chi connectivity index (χ0n) is 9.78. The Morgan fingerprint density at radius 3 is 2.88 bits per heavy atom. The van der Waals surface area contributed by atoms with Crippen molar-refractivity contribution < 1.29 is 4.79 Å². The van der Waals surface area contributed by atoms with Gasteiger partial charge in [0, 0.05) is 11.4 Å². The second kappa shape index (κ2) is 5.92. The minimum atomic E-state index is -0.0332. The van der Waals surface area contributed by atoms with Gasteiger partial charge in [0.25, 0.3) is 5.91 Å². The van der Waals surface area contributed by atoms with E-state index in [1.165, 1.54) is 24.8 Å². The van der Waals surface area contributed by atoms with E-state index in [2.05, 4.69) is 24.0 Å². The molecule has 1 aromatic rings. The van der Waals surface area contributed by atoms with Gasteiger partial charge in [-0.1, -0.05) is 23.8 Å². The van der Waals surface area contributed by atoms with E-state index in [1.54, 1.807) is 6.07 Å². The van der Waals surface area contributed by atoms with Crippen LogP contribution in [0.15, 0.2) is 40.8 Å². The Labute approximate surface area is 108 Å². The molecule has 1 amide bonds. The zero-order valence-corrected chi connectivity index (χ0v) is 10.7. The summed E-state index contributed by atoms with van der Waals surface area (Å²) in [5.41, 5.74) is 2.13. The summed E-state index contributed by atoms with van der Waals surface area (Å²) in [7, 11) is 0. The molecule has 1 N–H and O–H groups in total. The minimum Gasteiger partial charge on any atom is -0.352 e. The van der Waals surface area contributed by atoms with Gasteiger partial charge in [0.1, 0.15) is 0 Å². The molecule has 0 fully saturated rings. The van der Waals surface area contributed by atoms with E-state index in [0.29, 0.717) is 12.1 Å². The standard InChI is InChI=1S/C14H17NOS/c16-14(12-7-3-4-8-13(12)17)15-10-9-11-5-1-2-6-11/h3-5,7-8,17H,1-2,6,9-10H2,(H,15,16). The molecule has 0 bridgehead atoms.